The second-order valence-electron chi connectivity index (χ2n) is 33.8. The van der Waals surface area contributed by atoms with Gasteiger partial charge in [0.15, 0.2) is 0 Å². The fourth-order valence-electron chi connectivity index (χ4n) is 20.3. The number of benzene rings is 9. The molecule has 0 atom stereocenters. The summed E-state index contributed by atoms with van der Waals surface area (Å²) in [6.45, 7) is 26.4. The van der Waals surface area contributed by atoms with Gasteiger partial charge in [-0.05, 0) is 187 Å². The van der Waals surface area contributed by atoms with Crippen LogP contribution in [0.3, 0.4) is 0 Å². The number of unbranched alkanes of at least 4 members (excludes halogenated alkanes) is 20. The van der Waals surface area contributed by atoms with E-state index in [9.17, 15) is 0 Å². The molecule has 0 spiro atoms. The van der Waals surface area contributed by atoms with Crippen LogP contribution in [-0.4, -0.2) is 0 Å². The van der Waals surface area contributed by atoms with E-state index < -0.39 is 0 Å². The van der Waals surface area contributed by atoms with Crippen LogP contribution in [0.15, 0.2) is 167 Å². The van der Waals surface area contributed by atoms with Gasteiger partial charge in [-0.25, -0.2) is 0 Å². The number of hydrogen-bond donors (Lipinski definition) is 0. The molecular weight excluding hydrogens is 1220 g/mol. The first-order valence-corrected chi connectivity index (χ1v) is 40.6. The van der Waals surface area contributed by atoms with Crippen molar-refractivity contribution in [3.63, 3.8) is 0 Å². The lowest BCUT2D eigenvalue weighted by Gasteiger charge is -2.35. The van der Waals surface area contributed by atoms with Crippen LogP contribution in [0.1, 0.15) is 306 Å². The lowest BCUT2D eigenvalue weighted by Crippen LogP contribution is -2.27. The van der Waals surface area contributed by atoms with E-state index in [1.54, 1.807) is 22.3 Å². The van der Waals surface area contributed by atoms with Gasteiger partial charge in [0.05, 0.1) is 0 Å². The second-order valence-corrected chi connectivity index (χ2v) is 33.8. The standard InChI is InChI=1S/C98H115NO2/c1-12-16-20-24-28-38-58-97(59-39-29-25-21-17-13-2)78-56-57-85-87(73-43-33-36-46-83(73)100-85)86(78)76-65-81-75(64-82(76)97)70-54-52-69(63-80(70)98(81,60-40-30-26-22-18-14-3)61-41-31-27-23-19-15-4)99(67-50-48-66(49-51-67)94(5,6)7)68-53-55-72-79(62-68)96(10,11)92-90(72)93-89(74-44-34-37-47-84(74)101-93)88-71-42-32-35-45-77(71)95(8,9)91(88)92/h32-37,42-57,62-65H,12-31,38-41,58-61H2,1-11H3. The first kappa shape index (κ1) is 69.1. The molecule has 0 N–H and O–H groups in total. The second kappa shape index (κ2) is 28.2. The van der Waals surface area contributed by atoms with Crippen molar-refractivity contribution in [2.24, 2.45) is 0 Å². The van der Waals surface area contributed by atoms with Gasteiger partial charge in [-0.2, -0.15) is 0 Å². The zero-order valence-electron chi connectivity index (χ0n) is 63.6. The minimum atomic E-state index is -0.353. The summed E-state index contributed by atoms with van der Waals surface area (Å²) in [7, 11) is 0. The predicted octanol–water partition coefficient (Wildman–Crippen LogP) is 30.4. The molecular formula is C98H115NO2. The van der Waals surface area contributed by atoms with Gasteiger partial charge >= 0.3 is 0 Å². The summed E-state index contributed by atoms with van der Waals surface area (Å²) in [6.07, 6.45) is 35.6. The highest BCUT2D eigenvalue weighted by Crippen LogP contribution is 2.66. The van der Waals surface area contributed by atoms with Crippen LogP contribution in [0.25, 0.3) is 88.4 Å². The molecule has 2 heterocycles. The molecule has 0 saturated heterocycles. The molecule has 2 aromatic heterocycles. The Balaban J connectivity index is 0.943. The normalized spacial score (nSPS) is 15.3. The van der Waals surface area contributed by atoms with E-state index in [0.29, 0.717) is 0 Å². The van der Waals surface area contributed by atoms with Crippen LogP contribution in [0.5, 0.6) is 0 Å². The zero-order chi connectivity index (χ0) is 69.8. The van der Waals surface area contributed by atoms with Crippen molar-refractivity contribution < 1.29 is 8.83 Å². The van der Waals surface area contributed by atoms with Gasteiger partial charge in [0.25, 0.3) is 0 Å². The third-order valence-electron chi connectivity index (χ3n) is 25.6. The Morgan fingerprint density at radius 2 is 0.752 bits per heavy atom. The van der Waals surface area contributed by atoms with E-state index >= 15 is 0 Å². The number of nitrogens with zero attached hydrogens (tertiary/aromatic N) is 1. The van der Waals surface area contributed by atoms with E-state index in [1.807, 2.05) is 0 Å². The average molecular weight is 1340 g/mol. The predicted molar refractivity (Wildman–Crippen MR) is 434 cm³/mol. The summed E-state index contributed by atoms with van der Waals surface area (Å²) in [5, 5.41) is 5.04. The molecule has 4 aliphatic carbocycles. The van der Waals surface area contributed by atoms with Crippen LogP contribution < -0.4 is 4.90 Å². The van der Waals surface area contributed by atoms with Crippen LogP contribution in [-0.2, 0) is 27.1 Å². The number of rotatable bonds is 31. The Hall–Kier alpha value is -7.62. The molecule has 0 saturated carbocycles. The fourth-order valence-corrected chi connectivity index (χ4v) is 20.3. The lowest BCUT2D eigenvalue weighted by molar-refractivity contribution is 0.394. The fraction of sp³-hybridized carbons (Fsp3) is 0.449. The summed E-state index contributed by atoms with van der Waals surface area (Å²) in [5.74, 6) is 0. The summed E-state index contributed by atoms with van der Waals surface area (Å²) in [5.41, 5.74) is 31.2. The molecule has 9 aromatic carbocycles. The summed E-state index contributed by atoms with van der Waals surface area (Å²) in [6, 6.07) is 62.7. The van der Waals surface area contributed by atoms with Gasteiger partial charge in [0.2, 0.25) is 0 Å². The third kappa shape index (κ3) is 11.8. The van der Waals surface area contributed by atoms with Gasteiger partial charge in [-0.3, -0.25) is 0 Å². The average Bonchev–Trinajstić information content (AvgIpc) is 1.51. The summed E-state index contributed by atoms with van der Waals surface area (Å²) < 4.78 is 14.2. The molecule has 0 fully saturated rings. The van der Waals surface area contributed by atoms with Crippen molar-refractivity contribution in [1.29, 1.82) is 0 Å². The van der Waals surface area contributed by atoms with Crippen LogP contribution in [0.4, 0.5) is 17.1 Å². The maximum absolute atomic E-state index is 7.24. The number of anilines is 3. The van der Waals surface area contributed by atoms with Gasteiger partial charge in [0, 0.05) is 65.8 Å². The van der Waals surface area contributed by atoms with Crippen LogP contribution in [0, 0.1) is 0 Å². The molecule has 11 aromatic rings. The largest absolute Gasteiger partial charge is 0.456 e. The van der Waals surface area contributed by atoms with Gasteiger partial charge in [-0.15, -0.1) is 0 Å². The molecule has 0 bridgehead atoms. The van der Waals surface area contributed by atoms with E-state index in [2.05, 4.69) is 239 Å². The Morgan fingerprint density at radius 3 is 1.34 bits per heavy atom. The van der Waals surface area contributed by atoms with Gasteiger partial charge < -0.3 is 13.7 Å². The Labute approximate surface area is 606 Å². The Kier molecular flexibility index (Phi) is 19.3. The summed E-state index contributed by atoms with van der Waals surface area (Å²) >= 11 is 0. The van der Waals surface area contributed by atoms with E-state index in [4.69, 9.17) is 8.83 Å². The first-order chi connectivity index (χ1) is 49.1. The van der Waals surface area contributed by atoms with Crippen LogP contribution >= 0.6 is 0 Å². The molecule has 4 aliphatic rings. The minimum Gasteiger partial charge on any atom is -0.456 e. The highest BCUT2D eigenvalue weighted by Gasteiger charge is 2.51. The molecule has 524 valence electrons. The molecule has 3 heteroatoms. The molecule has 0 aliphatic heterocycles. The maximum atomic E-state index is 7.24. The third-order valence-corrected chi connectivity index (χ3v) is 25.6. The van der Waals surface area contributed by atoms with Gasteiger partial charge in [0.1, 0.15) is 22.3 Å². The molecule has 101 heavy (non-hydrogen) atoms. The number of para-hydroxylation sites is 2. The van der Waals surface area contributed by atoms with E-state index in [0.717, 1.165) is 35.2 Å². The van der Waals surface area contributed by atoms with Crippen molar-refractivity contribution in [2.75, 3.05) is 4.90 Å². The quantitative estimate of drug-likeness (QED) is 0.0406. The molecule has 0 radical (unpaired) electrons. The topological polar surface area (TPSA) is 29.5 Å². The lowest BCUT2D eigenvalue weighted by atomic mass is 9.68. The minimum absolute atomic E-state index is 0.00653. The number of furan rings is 2. The van der Waals surface area contributed by atoms with E-state index in [-0.39, 0.29) is 27.1 Å². The highest BCUT2D eigenvalue weighted by atomic mass is 16.3. The Bertz CT molecular complexity index is 4800. The van der Waals surface area contributed by atoms with Crippen LogP contribution in [0.2, 0.25) is 0 Å². The molecule has 3 nitrogen and oxygen atoms in total. The molecule has 15 rings (SSSR count). The highest BCUT2D eigenvalue weighted by molar-refractivity contribution is 6.21. The number of hydrogen-bond acceptors (Lipinski definition) is 3. The van der Waals surface area contributed by atoms with Crippen molar-refractivity contribution in [2.45, 2.75) is 283 Å². The summed E-state index contributed by atoms with van der Waals surface area (Å²) in [4.78, 5) is 2.65. The maximum Gasteiger partial charge on any atom is 0.144 e. The molecule has 0 amide bonds. The monoisotopic (exact) mass is 1340 g/mol. The Morgan fingerprint density at radius 1 is 0.317 bits per heavy atom. The number of fused-ring (bicyclic) bond motifs is 22. The zero-order valence-corrected chi connectivity index (χ0v) is 63.6. The van der Waals surface area contributed by atoms with Crippen molar-refractivity contribution in [3.8, 4) is 44.5 Å². The SMILES string of the molecule is CCCCCCCCC1(CCCCCCCC)c2cc(N(c3ccc(C(C)(C)C)cc3)c3ccc4c(c3)C(C)(C)c3c5c(c6c(oc7ccccc76)c3-4)-c3ccccc3C5(C)C)ccc2-c2cc3c(cc21)-c1c(ccc2oc4ccccc4c12)C3(CCCCCCCC)CCCCCCCC. The van der Waals surface area contributed by atoms with E-state index in [1.165, 1.54) is 278 Å². The molecule has 0 unspecified atom stereocenters. The first-order valence-electron chi connectivity index (χ1n) is 40.6. The van der Waals surface area contributed by atoms with Crippen molar-refractivity contribution in [1.82, 2.24) is 0 Å². The van der Waals surface area contributed by atoms with Crippen molar-refractivity contribution >= 4 is 60.9 Å². The van der Waals surface area contributed by atoms with Gasteiger partial charge in [-0.1, -0.05) is 321 Å². The smallest absolute Gasteiger partial charge is 0.144 e. The van der Waals surface area contributed by atoms with Crippen molar-refractivity contribution in [3.05, 3.63) is 208 Å².